The Morgan fingerprint density at radius 2 is 1.91 bits per heavy atom. The number of carbonyl (C=O) groups is 2. The molecule has 1 fully saturated rings. The molecule has 2 N–H and O–H groups in total. The highest BCUT2D eigenvalue weighted by Crippen LogP contribution is 2.34. The van der Waals surface area contributed by atoms with Crippen LogP contribution in [-0.4, -0.2) is 40.0 Å². The van der Waals surface area contributed by atoms with E-state index in [0.717, 1.165) is 5.56 Å². The molecule has 1 saturated heterocycles. The fraction of sp³-hybridized carbons (Fsp3) is 0.250. The molecule has 1 aromatic heterocycles. The first-order chi connectivity index (χ1) is 10.6. The number of nitrogens with one attached hydrogen (secondary N) is 1. The summed E-state index contributed by atoms with van der Waals surface area (Å²) in [6.45, 7) is 0.594. The minimum Gasteiger partial charge on any atom is -0.481 e. The molecule has 0 aliphatic carbocycles. The number of likely N-dealkylation sites (tertiary alicyclic amines) is 1. The van der Waals surface area contributed by atoms with Crippen molar-refractivity contribution in [1.82, 2.24) is 9.88 Å². The van der Waals surface area contributed by atoms with Crippen molar-refractivity contribution >= 4 is 23.5 Å². The van der Waals surface area contributed by atoms with Gasteiger partial charge in [0.1, 0.15) is 5.69 Å². The molecular weight excluding hydrogens is 304 g/mol. The van der Waals surface area contributed by atoms with Crippen LogP contribution in [0.15, 0.2) is 42.6 Å². The lowest BCUT2D eigenvalue weighted by atomic mass is 9.89. The largest absolute Gasteiger partial charge is 0.481 e. The SMILES string of the molecule is O=C(O)[C@@H]1CN(C(=O)c2ccc[nH]2)C[C@H]1c1ccc(Cl)cc1. The fourth-order valence-corrected chi connectivity index (χ4v) is 3.03. The van der Waals surface area contributed by atoms with Gasteiger partial charge in [-0.2, -0.15) is 0 Å². The van der Waals surface area contributed by atoms with Gasteiger partial charge in [0, 0.05) is 30.2 Å². The molecule has 5 nitrogen and oxygen atoms in total. The second-order valence-electron chi connectivity index (χ2n) is 5.40. The van der Waals surface area contributed by atoms with E-state index in [1.54, 1.807) is 35.4 Å². The molecule has 1 aliphatic heterocycles. The summed E-state index contributed by atoms with van der Waals surface area (Å²) in [6, 6.07) is 10.6. The minimum absolute atomic E-state index is 0.173. The Kier molecular flexibility index (Phi) is 3.90. The van der Waals surface area contributed by atoms with Crippen LogP contribution in [0.4, 0.5) is 0 Å². The maximum absolute atomic E-state index is 12.4. The Labute approximate surface area is 132 Å². The molecular formula is C16H15ClN2O3. The first-order valence-electron chi connectivity index (χ1n) is 6.97. The number of hydrogen-bond donors (Lipinski definition) is 2. The molecule has 1 aliphatic rings. The lowest BCUT2D eigenvalue weighted by Crippen LogP contribution is -2.30. The predicted octanol–water partition coefficient (Wildman–Crippen LogP) is 2.61. The van der Waals surface area contributed by atoms with Crippen LogP contribution >= 0.6 is 11.6 Å². The Morgan fingerprint density at radius 3 is 2.50 bits per heavy atom. The topological polar surface area (TPSA) is 73.4 Å². The Hall–Kier alpha value is -2.27. The minimum atomic E-state index is -0.887. The average Bonchev–Trinajstić information content (AvgIpc) is 3.17. The Bertz CT molecular complexity index is 682. The molecule has 2 aromatic rings. The number of carboxylic acid groups (broad SMARTS) is 1. The van der Waals surface area contributed by atoms with Crippen LogP contribution in [-0.2, 0) is 4.79 Å². The van der Waals surface area contributed by atoms with E-state index in [9.17, 15) is 14.7 Å². The third kappa shape index (κ3) is 2.72. The normalized spacial score (nSPS) is 21.0. The second-order valence-corrected chi connectivity index (χ2v) is 5.83. The molecule has 0 bridgehead atoms. The highest BCUT2D eigenvalue weighted by Gasteiger charge is 2.40. The molecule has 0 radical (unpaired) electrons. The van der Waals surface area contributed by atoms with Crippen molar-refractivity contribution < 1.29 is 14.7 Å². The summed E-state index contributed by atoms with van der Waals surface area (Å²) in [5, 5.41) is 10.1. The van der Waals surface area contributed by atoms with Crippen molar-refractivity contribution in [2.45, 2.75) is 5.92 Å². The van der Waals surface area contributed by atoms with Gasteiger partial charge in [0.25, 0.3) is 5.91 Å². The lowest BCUT2D eigenvalue weighted by Gasteiger charge is -2.16. The number of nitrogens with zero attached hydrogens (tertiary/aromatic N) is 1. The van der Waals surface area contributed by atoms with Crippen molar-refractivity contribution in [2.24, 2.45) is 5.92 Å². The molecule has 3 rings (SSSR count). The summed E-state index contributed by atoms with van der Waals surface area (Å²) in [5.41, 5.74) is 1.36. The summed E-state index contributed by atoms with van der Waals surface area (Å²) in [4.78, 5) is 28.4. The maximum Gasteiger partial charge on any atom is 0.308 e. The third-order valence-electron chi connectivity index (χ3n) is 4.05. The van der Waals surface area contributed by atoms with Crippen LogP contribution in [0.5, 0.6) is 0 Å². The predicted molar refractivity (Wildman–Crippen MR) is 82.0 cm³/mol. The first kappa shape index (κ1) is 14.7. The molecule has 0 spiro atoms. The fourth-order valence-electron chi connectivity index (χ4n) is 2.90. The van der Waals surface area contributed by atoms with Gasteiger partial charge in [-0.1, -0.05) is 23.7 Å². The summed E-state index contributed by atoms with van der Waals surface area (Å²) < 4.78 is 0. The van der Waals surface area contributed by atoms with Gasteiger partial charge in [-0.3, -0.25) is 9.59 Å². The number of aromatic nitrogens is 1. The Balaban J connectivity index is 1.85. The number of benzene rings is 1. The summed E-state index contributed by atoms with van der Waals surface area (Å²) in [7, 11) is 0. The van der Waals surface area contributed by atoms with Crippen molar-refractivity contribution in [3.8, 4) is 0 Å². The van der Waals surface area contributed by atoms with E-state index in [1.807, 2.05) is 12.1 Å². The number of H-pyrrole nitrogens is 1. The number of carbonyl (C=O) groups excluding carboxylic acids is 1. The standard InChI is InChI=1S/C16H15ClN2O3/c17-11-5-3-10(4-6-11)12-8-19(9-13(12)16(21)22)15(20)14-2-1-7-18-14/h1-7,12-13,18H,8-9H2,(H,21,22)/t12-,13+/m0/s1. The maximum atomic E-state index is 12.4. The van der Waals surface area contributed by atoms with E-state index in [-0.39, 0.29) is 18.4 Å². The number of rotatable bonds is 3. The van der Waals surface area contributed by atoms with Gasteiger partial charge < -0.3 is 15.0 Å². The van der Waals surface area contributed by atoms with Crippen molar-refractivity contribution in [3.05, 3.63) is 58.9 Å². The summed E-state index contributed by atoms with van der Waals surface area (Å²) >= 11 is 5.88. The molecule has 0 saturated carbocycles. The number of amides is 1. The van der Waals surface area contributed by atoms with Crippen LogP contribution in [0.2, 0.25) is 5.02 Å². The number of hydrogen-bond acceptors (Lipinski definition) is 2. The van der Waals surface area contributed by atoms with Gasteiger partial charge in [-0.05, 0) is 29.8 Å². The molecule has 2 heterocycles. The Morgan fingerprint density at radius 1 is 1.18 bits per heavy atom. The van der Waals surface area contributed by atoms with Gasteiger partial charge in [0.05, 0.1) is 5.92 Å². The van der Waals surface area contributed by atoms with E-state index >= 15 is 0 Å². The van der Waals surface area contributed by atoms with Crippen LogP contribution in [0, 0.1) is 5.92 Å². The van der Waals surface area contributed by atoms with Crippen molar-refractivity contribution in [1.29, 1.82) is 0 Å². The van der Waals surface area contributed by atoms with E-state index < -0.39 is 11.9 Å². The van der Waals surface area contributed by atoms with E-state index in [0.29, 0.717) is 17.3 Å². The monoisotopic (exact) mass is 318 g/mol. The molecule has 114 valence electrons. The van der Waals surface area contributed by atoms with Crippen LogP contribution in [0.3, 0.4) is 0 Å². The van der Waals surface area contributed by atoms with Crippen LogP contribution < -0.4 is 0 Å². The van der Waals surface area contributed by atoms with E-state index in [1.165, 1.54) is 0 Å². The zero-order valence-corrected chi connectivity index (χ0v) is 12.5. The number of carboxylic acids is 1. The molecule has 1 amide bonds. The molecule has 0 unspecified atom stereocenters. The summed E-state index contributed by atoms with van der Waals surface area (Å²) in [5.74, 6) is -1.90. The molecule has 6 heteroatoms. The lowest BCUT2D eigenvalue weighted by molar-refractivity contribution is -0.141. The highest BCUT2D eigenvalue weighted by molar-refractivity contribution is 6.30. The van der Waals surface area contributed by atoms with Gasteiger partial charge in [0.2, 0.25) is 0 Å². The van der Waals surface area contributed by atoms with Gasteiger partial charge in [0.15, 0.2) is 0 Å². The number of aliphatic carboxylic acids is 1. The van der Waals surface area contributed by atoms with Gasteiger partial charge >= 0.3 is 5.97 Å². The van der Waals surface area contributed by atoms with Crippen LogP contribution in [0.1, 0.15) is 22.0 Å². The van der Waals surface area contributed by atoms with Crippen molar-refractivity contribution in [3.63, 3.8) is 0 Å². The smallest absolute Gasteiger partial charge is 0.308 e. The van der Waals surface area contributed by atoms with Crippen LogP contribution in [0.25, 0.3) is 0 Å². The average molecular weight is 319 g/mol. The van der Waals surface area contributed by atoms with Crippen molar-refractivity contribution in [2.75, 3.05) is 13.1 Å². The zero-order chi connectivity index (χ0) is 15.7. The molecule has 22 heavy (non-hydrogen) atoms. The third-order valence-corrected chi connectivity index (χ3v) is 4.30. The molecule has 1 aromatic carbocycles. The van der Waals surface area contributed by atoms with Gasteiger partial charge in [-0.15, -0.1) is 0 Å². The summed E-state index contributed by atoms with van der Waals surface area (Å²) in [6.07, 6.45) is 1.68. The second kappa shape index (κ2) is 5.85. The quantitative estimate of drug-likeness (QED) is 0.913. The zero-order valence-electron chi connectivity index (χ0n) is 11.7. The highest BCUT2D eigenvalue weighted by atomic mass is 35.5. The van der Waals surface area contributed by atoms with E-state index in [2.05, 4.69) is 4.98 Å². The first-order valence-corrected chi connectivity index (χ1v) is 7.35. The molecule has 2 atom stereocenters. The van der Waals surface area contributed by atoms with Gasteiger partial charge in [-0.25, -0.2) is 0 Å². The number of halogens is 1. The number of aromatic amines is 1. The van der Waals surface area contributed by atoms with E-state index in [4.69, 9.17) is 11.6 Å².